The number of carbonyl (C=O) groups excluding carboxylic acids is 1. The van der Waals surface area contributed by atoms with Gasteiger partial charge in [-0.25, -0.2) is 4.98 Å². The van der Waals surface area contributed by atoms with Crippen LogP contribution in [0.1, 0.15) is 43.9 Å². The molecule has 0 fully saturated rings. The van der Waals surface area contributed by atoms with Crippen molar-refractivity contribution in [1.82, 2.24) is 4.98 Å². The van der Waals surface area contributed by atoms with E-state index in [1.807, 2.05) is 20.8 Å². The maximum absolute atomic E-state index is 13.6. The quantitative estimate of drug-likeness (QED) is 0.298. The van der Waals surface area contributed by atoms with Gasteiger partial charge in [-0.2, -0.15) is 0 Å². The number of hydrogen-bond donors (Lipinski definition) is 0. The largest absolute Gasteiger partial charge is 0.450 e. The fourth-order valence-corrected chi connectivity index (χ4v) is 5.25. The third-order valence-electron chi connectivity index (χ3n) is 5.63. The van der Waals surface area contributed by atoms with Crippen molar-refractivity contribution in [1.29, 1.82) is 0 Å². The van der Waals surface area contributed by atoms with Gasteiger partial charge in [0.1, 0.15) is 5.58 Å². The summed E-state index contributed by atoms with van der Waals surface area (Å²) in [7, 11) is 0. The Kier molecular flexibility index (Phi) is 5.09. The molecule has 2 aromatic carbocycles. The summed E-state index contributed by atoms with van der Waals surface area (Å²) in [6, 6.07) is 7.52. The van der Waals surface area contributed by atoms with E-state index in [0.717, 1.165) is 16.1 Å². The lowest BCUT2D eigenvalue weighted by atomic mass is 9.98. The second kappa shape index (κ2) is 7.59. The van der Waals surface area contributed by atoms with Crippen molar-refractivity contribution in [3.8, 4) is 0 Å². The van der Waals surface area contributed by atoms with E-state index >= 15 is 0 Å². The van der Waals surface area contributed by atoms with Crippen molar-refractivity contribution >= 4 is 68.1 Å². The predicted octanol–water partition coefficient (Wildman–Crippen LogP) is 6.88. The van der Waals surface area contributed by atoms with Gasteiger partial charge in [-0.1, -0.05) is 40.9 Å². The molecule has 9 heteroatoms. The van der Waals surface area contributed by atoms with Crippen molar-refractivity contribution in [2.45, 2.75) is 26.8 Å². The first-order chi connectivity index (χ1) is 15.2. The molecular formula is C23H15Cl3N2O3S. The molecule has 4 aromatic rings. The molecule has 0 bridgehead atoms. The Morgan fingerprint density at radius 3 is 2.41 bits per heavy atom. The molecule has 3 heterocycles. The topological polar surface area (TPSA) is 63.4 Å². The highest BCUT2D eigenvalue weighted by molar-refractivity contribution is 7.15. The zero-order valence-corrected chi connectivity index (χ0v) is 20.2. The minimum atomic E-state index is -0.766. The molecule has 1 unspecified atom stereocenters. The monoisotopic (exact) mass is 504 g/mol. The molecule has 32 heavy (non-hydrogen) atoms. The van der Waals surface area contributed by atoms with Crippen molar-refractivity contribution < 1.29 is 9.21 Å². The van der Waals surface area contributed by atoms with Crippen molar-refractivity contribution in [3.05, 3.63) is 88.6 Å². The first-order valence-electron chi connectivity index (χ1n) is 9.66. The SMILES string of the molecule is Cc1cc2oc3c(c(=O)c2cc1Cl)C(c1ccc(Cl)c(Cl)c1)N(c1nc(C)c(C)s1)C3=O. The van der Waals surface area contributed by atoms with E-state index in [-0.39, 0.29) is 16.8 Å². The van der Waals surface area contributed by atoms with E-state index in [1.165, 1.54) is 16.2 Å². The van der Waals surface area contributed by atoms with Crippen LogP contribution in [0.25, 0.3) is 11.0 Å². The Morgan fingerprint density at radius 1 is 1.00 bits per heavy atom. The van der Waals surface area contributed by atoms with Gasteiger partial charge in [0.25, 0.3) is 5.91 Å². The van der Waals surface area contributed by atoms with Gasteiger partial charge in [-0.15, -0.1) is 11.3 Å². The fourth-order valence-electron chi connectivity index (χ4n) is 3.85. The smallest absolute Gasteiger partial charge is 0.297 e. The van der Waals surface area contributed by atoms with Gasteiger partial charge in [0.15, 0.2) is 10.6 Å². The summed E-state index contributed by atoms with van der Waals surface area (Å²) in [6.45, 7) is 5.61. The van der Waals surface area contributed by atoms with Gasteiger partial charge in [-0.05, 0) is 56.2 Å². The summed E-state index contributed by atoms with van der Waals surface area (Å²) in [6.07, 6.45) is 0. The van der Waals surface area contributed by atoms with Crippen LogP contribution in [0.5, 0.6) is 0 Å². The normalized spacial score (nSPS) is 15.6. The van der Waals surface area contributed by atoms with E-state index < -0.39 is 11.9 Å². The Labute approximate surface area is 202 Å². The molecule has 1 aliphatic rings. The standard InChI is InChI=1S/C23H15Cl3N2O3S/c1-9-6-17-13(8-15(9)25)20(29)18-19(12-4-5-14(24)16(26)7-12)28(22(30)21(18)31-17)23-27-10(2)11(3)32-23/h4-8,19H,1-3H3. The summed E-state index contributed by atoms with van der Waals surface area (Å²) in [4.78, 5) is 34.3. The minimum absolute atomic E-state index is 0.00852. The molecule has 0 spiro atoms. The second-order valence-electron chi connectivity index (χ2n) is 7.66. The third-order valence-corrected chi connectivity index (χ3v) is 7.85. The Balaban J connectivity index is 1.84. The Morgan fingerprint density at radius 2 is 1.75 bits per heavy atom. The first-order valence-corrected chi connectivity index (χ1v) is 11.6. The van der Waals surface area contributed by atoms with E-state index in [2.05, 4.69) is 4.98 Å². The van der Waals surface area contributed by atoms with Gasteiger partial charge in [0, 0.05) is 9.90 Å². The average Bonchev–Trinajstić information content (AvgIpc) is 3.22. The number of halogens is 3. The van der Waals surface area contributed by atoms with Crippen LogP contribution in [0.4, 0.5) is 5.13 Å². The molecule has 0 N–H and O–H groups in total. The first kappa shape index (κ1) is 21.5. The molecule has 0 aliphatic carbocycles. The van der Waals surface area contributed by atoms with Gasteiger partial charge < -0.3 is 4.42 Å². The number of benzene rings is 2. The van der Waals surface area contributed by atoms with Crippen LogP contribution in [0.15, 0.2) is 39.5 Å². The molecule has 2 aromatic heterocycles. The fraction of sp³-hybridized carbons (Fsp3) is 0.174. The molecule has 1 atom stereocenters. The lowest BCUT2D eigenvalue weighted by Crippen LogP contribution is -2.29. The van der Waals surface area contributed by atoms with Crippen molar-refractivity contribution in [2.24, 2.45) is 0 Å². The molecule has 5 nitrogen and oxygen atoms in total. The van der Waals surface area contributed by atoms with Crippen LogP contribution in [0, 0.1) is 20.8 Å². The second-order valence-corrected chi connectivity index (χ2v) is 10.1. The highest BCUT2D eigenvalue weighted by Crippen LogP contribution is 2.44. The Bertz CT molecular complexity index is 1490. The number of hydrogen-bond acceptors (Lipinski definition) is 5. The molecule has 5 rings (SSSR count). The van der Waals surface area contributed by atoms with Crippen LogP contribution >= 0.6 is 46.1 Å². The number of aryl methyl sites for hydroxylation is 3. The van der Waals surface area contributed by atoms with Gasteiger partial charge in [0.05, 0.1) is 32.7 Å². The zero-order valence-electron chi connectivity index (χ0n) is 17.1. The summed E-state index contributed by atoms with van der Waals surface area (Å²) in [5, 5.41) is 1.93. The minimum Gasteiger partial charge on any atom is -0.450 e. The molecule has 0 saturated carbocycles. The molecular weight excluding hydrogens is 491 g/mol. The molecule has 1 aliphatic heterocycles. The summed E-state index contributed by atoms with van der Waals surface area (Å²) in [5.74, 6) is -0.442. The number of anilines is 1. The lowest BCUT2D eigenvalue weighted by molar-refractivity contribution is 0.0971. The predicted molar refractivity (Wildman–Crippen MR) is 129 cm³/mol. The van der Waals surface area contributed by atoms with Gasteiger partial charge in [-0.3, -0.25) is 14.5 Å². The van der Waals surface area contributed by atoms with Crippen molar-refractivity contribution in [2.75, 3.05) is 4.90 Å². The van der Waals surface area contributed by atoms with Crippen LogP contribution in [0.2, 0.25) is 15.1 Å². The summed E-state index contributed by atoms with van der Waals surface area (Å²) >= 11 is 20.1. The maximum atomic E-state index is 13.6. The number of nitrogens with zero attached hydrogens (tertiary/aromatic N) is 2. The van der Waals surface area contributed by atoms with Gasteiger partial charge in [0.2, 0.25) is 5.76 Å². The number of fused-ring (bicyclic) bond motifs is 2. The highest BCUT2D eigenvalue weighted by atomic mass is 35.5. The zero-order chi connectivity index (χ0) is 22.9. The summed E-state index contributed by atoms with van der Waals surface area (Å²) in [5.41, 5.74) is 2.41. The lowest BCUT2D eigenvalue weighted by Gasteiger charge is -2.22. The van der Waals surface area contributed by atoms with Crippen LogP contribution in [-0.2, 0) is 0 Å². The van der Waals surface area contributed by atoms with E-state index in [4.69, 9.17) is 39.2 Å². The summed E-state index contributed by atoms with van der Waals surface area (Å²) < 4.78 is 6.00. The van der Waals surface area contributed by atoms with E-state index in [9.17, 15) is 9.59 Å². The molecule has 0 saturated heterocycles. The van der Waals surface area contributed by atoms with Crippen LogP contribution in [-0.4, -0.2) is 10.9 Å². The highest BCUT2D eigenvalue weighted by Gasteiger charge is 2.45. The maximum Gasteiger partial charge on any atom is 0.297 e. The van der Waals surface area contributed by atoms with Crippen LogP contribution < -0.4 is 10.3 Å². The third kappa shape index (κ3) is 3.17. The average molecular weight is 506 g/mol. The molecule has 162 valence electrons. The van der Waals surface area contributed by atoms with Gasteiger partial charge >= 0.3 is 0 Å². The molecule has 1 amide bonds. The molecule has 0 radical (unpaired) electrons. The number of aromatic nitrogens is 1. The van der Waals surface area contributed by atoms with Crippen molar-refractivity contribution in [3.63, 3.8) is 0 Å². The van der Waals surface area contributed by atoms with E-state index in [1.54, 1.807) is 30.3 Å². The Hall–Kier alpha value is -2.38. The number of thiazole rings is 1. The van der Waals surface area contributed by atoms with E-state index in [0.29, 0.717) is 36.7 Å². The number of carbonyl (C=O) groups is 1. The van der Waals surface area contributed by atoms with Crippen LogP contribution in [0.3, 0.4) is 0 Å². The number of amides is 1. The number of rotatable bonds is 2.